The molecule has 1 aliphatic rings. The van der Waals surface area contributed by atoms with Gasteiger partial charge in [-0.3, -0.25) is 4.79 Å². The van der Waals surface area contributed by atoms with Crippen LogP contribution < -0.4 is 10.0 Å². The lowest BCUT2D eigenvalue weighted by Crippen LogP contribution is -2.26. The maximum absolute atomic E-state index is 12.6. The van der Waals surface area contributed by atoms with Crippen LogP contribution in [-0.4, -0.2) is 20.4 Å². The molecule has 0 bridgehead atoms. The van der Waals surface area contributed by atoms with E-state index in [1.165, 1.54) is 12.1 Å². The van der Waals surface area contributed by atoms with Crippen LogP contribution in [0.15, 0.2) is 41.3 Å². The molecule has 0 saturated heterocycles. The summed E-state index contributed by atoms with van der Waals surface area (Å²) in [5, 5.41) is 2.86. The van der Waals surface area contributed by atoms with Crippen LogP contribution in [-0.2, 0) is 10.0 Å². The smallest absolute Gasteiger partial charge is 0.255 e. The van der Waals surface area contributed by atoms with Gasteiger partial charge >= 0.3 is 0 Å². The molecule has 1 aliphatic carbocycles. The van der Waals surface area contributed by atoms with Gasteiger partial charge in [-0.15, -0.1) is 0 Å². The van der Waals surface area contributed by atoms with Crippen molar-refractivity contribution < 1.29 is 13.2 Å². The molecule has 0 aliphatic heterocycles. The Morgan fingerprint density at radius 1 is 1.00 bits per heavy atom. The molecule has 0 spiro atoms. The number of nitrogens with one attached hydrogen (secondary N) is 2. The Morgan fingerprint density at radius 3 is 2.24 bits per heavy atom. The molecule has 1 saturated carbocycles. The highest BCUT2D eigenvalue weighted by Gasteiger charge is 2.28. The van der Waals surface area contributed by atoms with Crippen LogP contribution in [0.25, 0.3) is 0 Å². The van der Waals surface area contributed by atoms with Gasteiger partial charge in [0.2, 0.25) is 10.0 Å². The van der Waals surface area contributed by atoms with Gasteiger partial charge in [0, 0.05) is 17.3 Å². The van der Waals surface area contributed by atoms with Crippen LogP contribution in [0.4, 0.5) is 5.69 Å². The molecule has 2 aromatic carbocycles. The van der Waals surface area contributed by atoms with E-state index in [0.717, 1.165) is 29.5 Å². The minimum absolute atomic E-state index is 0.0267. The highest BCUT2D eigenvalue weighted by atomic mass is 32.2. The minimum atomic E-state index is -3.59. The summed E-state index contributed by atoms with van der Waals surface area (Å²) < 4.78 is 27.4. The monoisotopic (exact) mass is 358 g/mol. The quantitative estimate of drug-likeness (QED) is 0.861. The summed E-state index contributed by atoms with van der Waals surface area (Å²) in [7, 11) is -3.59. The lowest BCUT2D eigenvalue weighted by atomic mass is 10.1. The van der Waals surface area contributed by atoms with Crippen LogP contribution >= 0.6 is 0 Å². The molecule has 0 heterocycles. The van der Waals surface area contributed by atoms with Crippen molar-refractivity contribution in [2.45, 2.75) is 44.6 Å². The van der Waals surface area contributed by atoms with E-state index in [0.29, 0.717) is 11.3 Å². The Morgan fingerprint density at radius 2 is 1.64 bits per heavy atom. The van der Waals surface area contributed by atoms with Gasteiger partial charge in [-0.2, -0.15) is 0 Å². The van der Waals surface area contributed by atoms with Crippen LogP contribution in [0.5, 0.6) is 0 Å². The third-order valence-corrected chi connectivity index (χ3v) is 5.66. The average molecular weight is 358 g/mol. The Bertz CT molecular complexity index is 911. The zero-order chi connectivity index (χ0) is 18.2. The van der Waals surface area contributed by atoms with Crippen molar-refractivity contribution in [3.63, 3.8) is 0 Å². The summed E-state index contributed by atoms with van der Waals surface area (Å²) >= 11 is 0. The van der Waals surface area contributed by atoms with Gasteiger partial charge in [0.25, 0.3) is 5.91 Å². The zero-order valence-electron chi connectivity index (χ0n) is 14.6. The van der Waals surface area contributed by atoms with E-state index in [2.05, 4.69) is 10.0 Å². The van der Waals surface area contributed by atoms with E-state index in [1.54, 1.807) is 13.0 Å². The predicted molar refractivity (Wildman–Crippen MR) is 98.4 cm³/mol. The first kappa shape index (κ1) is 17.6. The summed E-state index contributed by atoms with van der Waals surface area (Å²) in [4.78, 5) is 12.8. The molecule has 0 atom stereocenters. The van der Waals surface area contributed by atoms with Gasteiger partial charge in [0.1, 0.15) is 0 Å². The van der Waals surface area contributed by atoms with E-state index in [-0.39, 0.29) is 16.8 Å². The third-order valence-electron chi connectivity index (χ3n) is 4.14. The molecule has 1 amide bonds. The Balaban J connectivity index is 1.87. The Kier molecular flexibility index (Phi) is 4.67. The number of rotatable bonds is 5. The molecule has 6 heteroatoms. The summed E-state index contributed by atoms with van der Waals surface area (Å²) in [5.41, 5.74) is 3.89. The summed E-state index contributed by atoms with van der Waals surface area (Å²) in [6.45, 7) is 5.72. The fourth-order valence-electron chi connectivity index (χ4n) is 2.75. The highest BCUT2D eigenvalue weighted by Crippen LogP contribution is 2.24. The number of anilines is 1. The zero-order valence-corrected chi connectivity index (χ0v) is 15.4. The van der Waals surface area contributed by atoms with Crippen molar-refractivity contribution in [2.75, 3.05) is 5.32 Å². The van der Waals surface area contributed by atoms with Crippen LogP contribution in [0, 0.1) is 20.8 Å². The molecule has 132 valence electrons. The van der Waals surface area contributed by atoms with Gasteiger partial charge < -0.3 is 5.32 Å². The topological polar surface area (TPSA) is 75.3 Å². The molecule has 5 nitrogen and oxygen atoms in total. The SMILES string of the molecule is Cc1cc(C)cc(NC(=O)c2cc(S(=O)(=O)NC3CC3)ccc2C)c1. The molecule has 3 rings (SSSR count). The molecule has 0 aromatic heterocycles. The fraction of sp³-hybridized carbons (Fsp3) is 0.316. The summed E-state index contributed by atoms with van der Waals surface area (Å²) in [6.07, 6.45) is 1.73. The molecule has 25 heavy (non-hydrogen) atoms. The van der Waals surface area contributed by atoms with Gasteiger partial charge in [-0.25, -0.2) is 13.1 Å². The normalized spacial score (nSPS) is 14.4. The Hall–Kier alpha value is -2.18. The lowest BCUT2D eigenvalue weighted by Gasteiger charge is -2.12. The van der Waals surface area contributed by atoms with Crippen molar-refractivity contribution in [1.82, 2.24) is 4.72 Å². The third kappa shape index (κ3) is 4.27. The molecular weight excluding hydrogens is 336 g/mol. The summed E-state index contributed by atoms with van der Waals surface area (Å²) in [6, 6.07) is 10.5. The molecule has 0 radical (unpaired) electrons. The standard InChI is InChI=1S/C19H22N2O3S/c1-12-8-13(2)10-16(9-12)20-19(22)18-11-17(7-4-14(18)3)25(23,24)21-15-5-6-15/h4,7-11,15,21H,5-6H2,1-3H3,(H,20,22). The highest BCUT2D eigenvalue weighted by molar-refractivity contribution is 7.89. The number of aryl methyl sites for hydroxylation is 3. The van der Waals surface area contributed by atoms with Gasteiger partial charge in [0.15, 0.2) is 0 Å². The Labute approximate surface area is 148 Å². The number of hydrogen-bond donors (Lipinski definition) is 2. The van der Waals surface area contributed by atoms with Crippen LogP contribution in [0.2, 0.25) is 0 Å². The largest absolute Gasteiger partial charge is 0.322 e. The first-order chi connectivity index (χ1) is 11.7. The van der Waals surface area contributed by atoms with Gasteiger partial charge in [-0.1, -0.05) is 12.1 Å². The van der Waals surface area contributed by atoms with E-state index in [4.69, 9.17) is 0 Å². The van der Waals surface area contributed by atoms with Crippen molar-refractivity contribution >= 4 is 21.6 Å². The molecule has 1 fully saturated rings. The fourth-order valence-corrected chi connectivity index (χ4v) is 4.08. The number of carbonyl (C=O) groups is 1. The van der Waals surface area contributed by atoms with Crippen molar-refractivity contribution in [3.05, 3.63) is 58.7 Å². The molecular formula is C19H22N2O3S. The lowest BCUT2D eigenvalue weighted by molar-refractivity contribution is 0.102. The second-order valence-corrected chi connectivity index (χ2v) is 8.42. The van der Waals surface area contributed by atoms with Crippen molar-refractivity contribution in [3.8, 4) is 0 Å². The van der Waals surface area contributed by atoms with E-state index in [1.807, 2.05) is 32.0 Å². The molecule has 2 aromatic rings. The number of amides is 1. The van der Waals surface area contributed by atoms with Crippen LogP contribution in [0.1, 0.15) is 39.9 Å². The second-order valence-electron chi connectivity index (χ2n) is 6.70. The first-order valence-corrected chi connectivity index (χ1v) is 9.75. The van der Waals surface area contributed by atoms with E-state index in [9.17, 15) is 13.2 Å². The maximum Gasteiger partial charge on any atom is 0.255 e. The maximum atomic E-state index is 12.6. The van der Waals surface area contributed by atoms with Crippen molar-refractivity contribution in [1.29, 1.82) is 0 Å². The second kappa shape index (κ2) is 6.61. The minimum Gasteiger partial charge on any atom is -0.322 e. The number of carbonyl (C=O) groups excluding carboxylic acids is 1. The average Bonchev–Trinajstić information content (AvgIpc) is 3.29. The molecule has 0 unspecified atom stereocenters. The van der Waals surface area contributed by atoms with Gasteiger partial charge in [0.05, 0.1) is 4.90 Å². The predicted octanol–water partition coefficient (Wildman–Crippen LogP) is 3.30. The summed E-state index contributed by atoms with van der Waals surface area (Å²) in [5.74, 6) is -0.314. The first-order valence-electron chi connectivity index (χ1n) is 8.27. The van der Waals surface area contributed by atoms with Crippen LogP contribution in [0.3, 0.4) is 0 Å². The number of sulfonamides is 1. The number of hydrogen-bond acceptors (Lipinski definition) is 3. The van der Waals surface area contributed by atoms with E-state index < -0.39 is 10.0 Å². The van der Waals surface area contributed by atoms with E-state index >= 15 is 0 Å². The molecule has 2 N–H and O–H groups in total. The van der Waals surface area contributed by atoms with Crippen molar-refractivity contribution in [2.24, 2.45) is 0 Å². The van der Waals surface area contributed by atoms with Gasteiger partial charge in [-0.05, 0) is 74.6 Å². The number of benzene rings is 2.